The number of hydroxylamine groups is 1. The number of nitrogens with one attached hydrogen (secondary N) is 2. The lowest BCUT2D eigenvalue weighted by Crippen LogP contribution is -2.39. The van der Waals surface area contributed by atoms with Gasteiger partial charge in [0.25, 0.3) is 11.8 Å². The van der Waals surface area contributed by atoms with Gasteiger partial charge in [0.15, 0.2) is 0 Å². The number of hydrogen-bond acceptors (Lipinski definition) is 6. The average Bonchev–Trinajstić information content (AvgIpc) is 2.45. The number of phenolic OH excluding ortho intramolecular Hbond substituents is 1. The summed E-state index contributed by atoms with van der Waals surface area (Å²) in [6.07, 6.45) is 0.00194. The first-order chi connectivity index (χ1) is 9.47. The molecular formula is C11H12BrN3O5. The van der Waals surface area contributed by atoms with E-state index in [4.69, 9.17) is 10.4 Å². The van der Waals surface area contributed by atoms with Gasteiger partial charge in [0.2, 0.25) is 0 Å². The molecule has 1 aromatic carbocycles. The number of benzene rings is 1. The lowest BCUT2D eigenvalue weighted by Gasteiger charge is -2.07. The molecular weight excluding hydrogens is 334 g/mol. The summed E-state index contributed by atoms with van der Waals surface area (Å²) in [6, 6.07) is 4.54. The summed E-state index contributed by atoms with van der Waals surface area (Å²) in [5, 5.41) is 31.5. The van der Waals surface area contributed by atoms with Gasteiger partial charge in [0, 0.05) is 6.42 Å². The van der Waals surface area contributed by atoms with Crippen LogP contribution in [0.1, 0.15) is 5.56 Å². The van der Waals surface area contributed by atoms with Crippen molar-refractivity contribution in [1.29, 1.82) is 0 Å². The molecule has 8 nitrogen and oxygen atoms in total. The number of carbonyl (C=O) groups excluding carboxylic acids is 2. The number of halogens is 1. The minimum absolute atomic E-state index is 0.00194. The van der Waals surface area contributed by atoms with Crippen molar-refractivity contribution >= 4 is 33.5 Å². The second-order valence-electron chi connectivity index (χ2n) is 3.73. The molecule has 0 atom stereocenters. The topological polar surface area (TPSA) is 131 Å². The summed E-state index contributed by atoms with van der Waals surface area (Å²) in [5.74, 6) is -1.51. The highest BCUT2D eigenvalue weighted by Crippen LogP contribution is 2.24. The Kier molecular flexibility index (Phi) is 5.94. The minimum Gasteiger partial charge on any atom is -0.507 e. The Morgan fingerprint density at radius 3 is 2.60 bits per heavy atom. The number of rotatable bonds is 5. The summed E-state index contributed by atoms with van der Waals surface area (Å²) in [4.78, 5) is 22.4. The Bertz CT molecular complexity index is 547. The van der Waals surface area contributed by atoms with Crippen LogP contribution in [0.15, 0.2) is 27.8 Å². The second-order valence-corrected chi connectivity index (χ2v) is 4.58. The number of phenols is 1. The normalized spacial score (nSPS) is 11.0. The van der Waals surface area contributed by atoms with E-state index in [-0.39, 0.29) is 17.9 Å². The van der Waals surface area contributed by atoms with Crippen LogP contribution in [0.25, 0.3) is 0 Å². The van der Waals surface area contributed by atoms with Gasteiger partial charge in [0.05, 0.1) is 11.0 Å². The summed E-state index contributed by atoms with van der Waals surface area (Å²) in [6.45, 7) is -0.451. The highest BCUT2D eigenvalue weighted by atomic mass is 79.9. The molecule has 0 bridgehead atoms. The Balaban J connectivity index is 2.69. The van der Waals surface area contributed by atoms with Crippen LogP contribution in [0.5, 0.6) is 5.75 Å². The Morgan fingerprint density at radius 2 is 2.05 bits per heavy atom. The van der Waals surface area contributed by atoms with Crippen LogP contribution in [0.4, 0.5) is 0 Å². The summed E-state index contributed by atoms with van der Waals surface area (Å²) in [7, 11) is 0. The van der Waals surface area contributed by atoms with Crippen molar-refractivity contribution in [1.82, 2.24) is 10.8 Å². The maximum Gasteiger partial charge on any atom is 0.269 e. The van der Waals surface area contributed by atoms with Crippen LogP contribution < -0.4 is 10.8 Å². The van der Waals surface area contributed by atoms with E-state index >= 15 is 0 Å². The number of hydrogen-bond donors (Lipinski definition) is 5. The molecule has 0 saturated carbocycles. The number of nitrogens with zero attached hydrogens (tertiary/aromatic N) is 1. The van der Waals surface area contributed by atoms with Crippen LogP contribution >= 0.6 is 15.9 Å². The number of aromatic hydroxyl groups is 1. The smallest absolute Gasteiger partial charge is 0.269 e. The molecule has 0 fully saturated rings. The first-order valence-electron chi connectivity index (χ1n) is 5.37. The van der Waals surface area contributed by atoms with Gasteiger partial charge in [0.1, 0.15) is 11.5 Å². The standard InChI is InChI=1S/C11H12BrN3O5/c12-7-3-6(1-2-9(7)16)4-8(14-19)11(18)13-5-10(17)15-20/h1-3,16,19-20H,4-5H2,(H,13,18)(H,15,17). The van der Waals surface area contributed by atoms with Crippen molar-refractivity contribution in [2.45, 2.75) is 6.42 Å². The fourth-order valence-electron chi connectivity index (χ4n) is 1.32. The van der Waals surface area contributed by atoms with Crippen molar-refractivity contribution in [3.8, 4) is 5.75 Å². The Hall–Kier alpha value is -2.13. The third-order valence-electron chi connectivity index (χ3n) is 2.30. The molecule has 2 amide bonds. The zero-order valence-corrected chi connectivity index (χ0v) is 11.7. The van der Waals surface area contributed by atoms with Crippen molar-refractivity contribution in [3.05, 3.63) is 28.2 Å². The van der Waals surface area contributed by atoms with Crippen LogP contribution in [0, 0.1) is 0 Å². The fraction of sp³-hybridized carbons (Fsp3) is 0.182. The monoisotopic (exact) mass is 345 g/mol. The predicted octanol–water partition coefficient (Wildman–Crippen LogP) is 0.149. The molecule has 0 saturated heterocycles. The quantitative estimate of drug-likeness (QED) is 0.224. The Morgan fingerprint density at radius 1 is 1.35 bits per heavy atom. The van der Waals surface area contributed by atoms with Crippen molar-refractivity contribution in [3.63, 3.8) is 0 Å². The maximum absolute atomic E-state index is 11.6. The molecule has 0 heterocycles. The summed E-state index contributed by atoms with van der Waals surface area (Å²) >= 11 is 3.12. The number of carbonyl (C=O) groups is 2. The van der Waals surface area contributed by atoms with Gasteiger partial charge in [-0.25, -0.2) is 5.48 Å². The maximum atomic E-state index is 11.6. The molecule has 0 aliphatic rings. The lowest BCUT2D eigenvalue weighted by molar-refractivity contribution is -0.130. The summed E-state index contributed by atoms with van der Waals surface area (Å²) in [5.41, 5.74) is 1.75. The van der Waals surface area contributed by atoms with Crippen LogP contribution in [-0.2, 0) is 16.0 Å². The SMILES string of the molecule is O=C(CNC(=O)C(Cc1ccc(O)c(Br)c1)=NO)NO. The molecule has 0 aliphatic carbocycles. The van der Waals surface area contributed by atoms with Crippen LogP contribution in [0.3, 0.4) is 0 Å². The third kappa shape index (κ3) is 4.52. The molecule has 1 rings (SSSR count). The second kappa shape index (κ2) is 7.46. The molecule has 20 heavy (non-hydrogen) atoms. The van der Waals surface area contributed by atoms with E-state index in [1.165, 1.54) is 11.5 Å². The molecule has 0 radical (unpaired) electrons. The third-order valence-corrected chi connectivity index (χ3v) is 2.94. The van der Waals surface area contributed by atoms with Crippen molar-refractivity contribution in [2.24, 2.45) is 5.16 Å². The highest BCUT2D eigenvalue weighted by Gasteiger charge is 2.14. The molecule has 0 aliphatic heterocycles. The van der Waals surface area contributed by atoms with Gasteiger partial charge >= 0.3 is 0 Å². The molecule has 108 valence electrons. The van der Waals surface area contributed by atoms with Crippen molar-refractivity contribution in [2.75, 3.05) is 6.54 Å². The van der Waals surface area contributed by atoms with Gasteiger partial charge in [-0.3, -0.25) is 14.8 Å². The molecule has 0 aromatic heterocycles. The molecule has 1 aromatic rings. The van der Waals surface area contributed by atoms with Crippen LogP contribution in [0.2, 0.25) is 0 Å². The average molecular weight is 346 g/mol. The highest BCUT2D eigenvalue weighted by molar-refractivity contribution is 9.10. The molecule has 5 N–H and O–H groups in total. The van der Waals surface area contributed by atoms with Crippen LogP contribution in [-0.4, -0.2) is 39.6 Å². The van der Waals surface area contributed by atoms with Gasteiger partial charge in [-0.1, -0.05) is 11.2 Å². The largest absolute Gasteiger partial charge is 0.507 e. The number of amides is 2. The first kappa shape index (κ1) is 15.9. The van der Waals surface area contributed by atoms with Gasteiger partial charge in [-0.05, 0) is 33.6 Å². The van der Waals surface area contributed by atoms with Gasteiger partial charge < -0.3 is 15.6 Å². The lowest BCUT2D eigenvalue weighted by atomic mass is 10.1. The predicted molar refractivity (Wildman–Crippen MR) is 71.7 cm³/mol. The van der Waals surface area contributed by atoms with E-state index in [1.54, 1.807) is 12.1 Å². The van der Waals surface area contributed by atoms with Gasteiger partial charge in [-0.15, -0.1) is 0 Å². The summed E-state index contributed by atoms with van der Waals surface area (Å²) < 4.78 is 0.437. The zero-order chi connectivity index (χ0) is 15.1. The van der Waals surface area contributed by atoms with E-state index in [9.17, 15) is 14.7 Å². The number of oxime groups is 1. The van der Waals surface area contributed by atoms with E-state index in [0.717, 1.165) is 0 Å². The Labute approximate surface area is 122 Å². The van der Waals surface area contributed by atoms with Gasteiger partial charge in [-0.2, -0.15) is 0 Å². The van der Waals surface area contributed by atoms with E-state index in [2.05, 4.69) is 26.4 Å². The van der Waals surface area contributed by atoms with E-state index in [1.807, 2.05) is 0 Å². The zero-order valence-electron chi connectivity index (χ0n) is 10.1. The minimum atomic E-state index is -0.803. The molecule has 0 spiro atoms. The molecule has 0 unspecified atom stereocenters. The fourth-order valence-corrected chi connectivity index (χ4v) is 1.74. The van der Waals surface area contributed by atoms with E-state index in [0.29, 0.717) is 10.0 Å². The van der Waals surface area contributed by atoms with Crippen molar-refractivity contribution < 1.29 is 25.1 Å². The van der Waals surface area contributed by atoms with E-state index < -0.39 is 18.4 Å². The first-order valence-corrected chi connectivity index (χ1v) is 6.16. The molecule has 9 heteroatoms.